The summed E-state index contributed by atoms with van der Waals surface area (Å²) in [6, 6.07) is 0. The van der Waals surface area contributed by atoms with Crippen molar-refractivity contribution in [2.45, 2.75) is 26.3 Å². The zero-order chi connectivity index (χ0) is 13.6. The van der Waals surface area contributed by atoms with Gasteiger partial charge in [-0.3, -0.25) is 14.4 Å². The van der Waals surface area contributed by atoms with E-state index in [1.807, 2.05) is 20.8 Å². The first-order valence-electron chi connectivity index (χ1n) is 4.77. The minimum absolute atomic E-state index is 0.0701. The van der Waals surface area contributed by atoms with Crippen molar-refractivity contribution in [1.82, 2.24) is 10.5 Å². The average Bonchev–Trinajstić information content (AvgIpc) is 2.14. The standard InChI is InChI=1S/C7H13B2IN2O5/c1-7(2,3)12-8-11-4(13)9(5(14)15)6(16)17-10/h8,12H,1-3H3,(H,11,13)(H,14,15). The van der Waals surface area contributed by atoms with Crippen molar-refractivity contribution in [3.8, 4) is 0 Å². The first-order valence-corrected chi connectivity index (χ1v) is 5.65. The summed E-state index contributed by atoms with van der Waals surface area (Å²) in [5.41, 5.74) is -0.226. The highest BCUT2D eigenvalue weighted by molar-refractivity contribution is 14.1. The fourth-order valence-corrected chi connectivity index (χ4v) is 1.12. The van der Waals surface area contributed by atoms with Gasteiger partial charge in [0.25, 0.3) is 11.7 Å². The third-order valence-electron chi connectivity index (χ3n) is 1.70. The first-order chi connectivity index (χ1) is 7.69. The summed E-state index contributed by atoms with van der Waals surface area (Å²) >= 11 is 1.24. The lowest BCUT2D eigenvalue weighted by Crippen LogP contribution is -2.54. The number of carboxylic acid groups (broad SMARTS) is 1. The minimum Gasteiger partial charge on any atom is -0.488 e. The van der Waals surface area contributed by atoms with Gasteiger partial charge in [0.2, 0.25) is 0 Å². The molecule has 10 heteroatoms. The van der Waals surface area contributed by atoms with Gasteiger partial charge >= 0.3 is 14.3 Å². The maximum atomic E-state index is 11.4. The van der Waals surface area contributed by atoms with Gasteiger partial charge in [0.05, 0.1) is 0 Å². The molecule has 7 nitrogen and oxygen atoms in total. The van der Waals surface area contributed by atoms with Crippen LogP contribution in [0.3, 0.4) is 0 Å². The number of amides is 1. The maximum absolute atomic E-state index is 11.4. The van der Waals surface area contributed by atoms with Crippen LogP contribution in [0.5, 0.6) is 0 Å². The van der Waals surface area contributed by atoms with Gasteiger partial charge in [-0.05, 0) is 20.8 Å². The van der Waals surface area contributed by atoms with Crippen molar-refractivity contribution in [2.24, 2.45) is 0 Å². The monoisotopic (exact) mass is 354 g/mol. The predicted octanol–water partition coefficient (Wildman–Crippen LogP) is 0.755. The van der Waals surface area contributed by atoms with E-state index in [1.165, 1.54) is 23.0 Å². The lowest BCUT2D eigenvalue weighted by atomic mass is 9.48. The average molecular weight is 354 g/mol. The van der Waals surface area contributed by atoms with Gasteiger partial charge in [-0.15, -0.1) is 0 Å². The Hall–Kier alpha value is -0.770. The minimum atomic E-state index is -1.84. The lowest BCUT2D eigenvalue weighted by molar-refractivity contribution is 0.216. The van der Waals surface area contributed by atoms with E-state index in [0.29, 0.717) is 0 Å². The molecule has 0 fully saturated rings. The smallest absolute Gasteiger partial charge is 0.488 e. The third-order valence-corrected chi connectivity index (χ3v) is 2.14. The van der Waals surface area contributed by atoms with Crippen LogP contribution in [0.1, 0.15) is 20.8 Å². The molecule has 0 aliphatic heterocycles. The maximum Gasteiger partial charge on any atom is 0.506 e. The summed E-state index contributed by atoms with van der Waals surface area (Å²) in [6.07, 6.45) is 0. The topological polar surface area (TPSA) is 105 Å². The third kappa shape index (κ3) is 6.51. The molecule has 0 rings (SSSR count). The molecule has 0 aromatic rings. The van der Waals surface area contributed by atoms with Crippen LogP contribution in [-0.4, -0.2) is 42.5 Å². The number of carbonyl (C=O) groups is 3. The van der Waals surface area contributed by atoms with Gasteiger partial charge in [-0.25, -0.2) is 0 Å². The van der Waals surface area contributed by atoms with Crippen molar-refractivity contribution in [2.75, 3.05) is 0 Å². The molecule has 0 bridgehead atoms. The second-order valence-electron chi connectivity index (χ2n) is 4.31. The van der Waals surface area contributed by atoms with Crippen molar-refractivity contribution in [3.63, 3.8) is 0 Å². The SMILES string of the molecule is CC(C)(C)NBNC(=O)B(C(=O)O)C(=O)OI. The van der Waals surface area contributed by atoms with Crippen LogP contribution < -0.4 is 10.5 Å². The molecule has 17 heavy (non-hydrogen) atoms. The molecule has 0 spiro atoms. The van der Waals surface area contributed by atoms with Crippen LogP contribution in [0, 0.1) is 0 Å². The molecule has 0 heterocycles. The first kappa shape index (κ1) is 16.2. The fourth-order valence-electron chi connectivity index (χ4n) is 0.863. The predicted molar refractivity (Wildman–Crippen MR) is 72.8 cm³/mol. The van der Waals surface area contributed by atoms with Crippen LogP contribution in [0.25, 0.3) is 0 Å². The highest BCUT2D eigenvalue weighted by Gasteiger charge is 2.42. The fraction of sp³-hybridized carbons (Fsp3) is 0.571. The van der Waals surface area contributed by atoms with Crippen molar-refractivity contribution in [1.29, 1.82) is 0 Å². The summed E-state index contributed by atoms with van der Waals surface area (Å²) in [7, 11) is 0.0701. The highest BCUT2D eigenvalue weighted by Crippen LogP contribution is 1.99. The van der Waals surface area contributed by atoms with Crippen LogP contribution >= 0.6 is 23.0 Å². The van der Waals surface area contributed by atoms with Crippen LogP contribution in [0.15, 0.2) is 0 Å². The normalized spacial score (nSPS) is 10.4. The van der Waals surface area contributed by atoms with Crippen LogP contribution in [0.4, 0.5) is 14.4 Å². The number of carbonyl (C=O) groups excluding carboxylic acids is 2. The van der Waals surface area contributed by atoms with Crippen LogP contribution in [-0.2, 0) is 3.07 Å². The van der Waals surface area contributed by atoms with Gasteiger partial charge in [0.15, 0.2) is 28.8 Å². The van der Waals surface area contributed by atoms with Crippen molar-refractivity contribution in [3.05, 3.63) is 0 Å². The molecule has 0 radical (unpaired) electrons. The van der Waals surface area contributed by atoms with Crippen molar-refractivity contribution >= 4 is 54.8 Å². The number of hydrogen-bond acceptors (Lipinski definition) is 5. The largest absolute Gasteiger partial charge is 0.506 e. The number of rotatable bonds is 5. The number of hydrogen-bond donors (Lipinski definition) is 3. The second kappa shape index (κ2) is 6.84. The Morgan fingerprint density at radius 1 is 1.35 bits per heavy atom. The van der Waals surface area contributed by atoms with Gasteiger partial charge < -0.3 is 18.6 Å². The number of halogens is 1. The van der Waals surface area contributed by atoms with Crippen LogP contribution in [0.2, 0.25) is 0 Å². The van der Waals surface area contributed by atoms with E-state index in [4.69, 9.17) is 5.11 Å². The Bertz CT molecular complexity index is 320. The molecule has 1 amide bonds. The summed E-state index contributed by atoms with van der Waals surface area (Å²) in [4.78, 5) is 33.2. The van der Waals surface area contributed by atoms with E-state index in [9.17, 15) is 14.4 Å². The van der Waals surface area contributed by atoms with E-state index >= 15 is 0 Å². The summed E-state index contributed by atoms with van der Waals surface area (Å²) in [6.45, 7) is 3.81. The van der Waals surface area contributed by atoms with Gasteiger partial charge in [0, 0.05) is 5.54 Å². The molecule has 94 valence electrons. The zero-order valence-electron chi connectivity index (χ0n) is 9.74. The highest BCUT2D eigenvalue weighted by atomic mass is 127. The molecule has 0 unspecified atom stereocenters. The molecule has 3 N–H and O–H groups in total. The molecule has 0 aromatic carbocycles. The second-order valence-corrected chi connectivity index (χ2v) is 4.75. The van der Waals surface area contributed by atoms with Gasteiger partial charge in [-0.1, -0.05) is 0 Å². The molecule has 0 aromatic heterocycles. The van der Waals surface area contributed by atoms with E-state index in [-0.39, 0.29) is 13.1 Å². The Kier molecular flexibility index (Phi) is 6.53. The Morgan fingerprint density at radius 2 is 1.88 bits per heavy atom. The Balaban J connectivity index is 4.36. The van der Waals surface area contributed by atoms with Gasteiger partial charge in [-0.2, -0.15) is 0 Å². The van der Waals surface area contributed by atoms with E-state index < -0.39 is 24.3 Å². The molecule has 0 aliphatic rings. The van der Waals surface area contributed by atoms with E-state index in [0.717, 1.165) is 0 Å². The molecular formula is C7H13B2IN2O5. The Morgan fingerprint density at radius 3 is 2.24 bits per heavy atom. The molecule has 0 saturated heterocycles. The number of nitrogens with one attached hydrogen (secondary N) is 2. The van der Waals surface area contributed by atoms with E-state index in [2.05, 4.69) is 13.5 Å². The summed E-state index contributed by atoms with van der Waals surface area (Å²) < 4.78 is 4.21. The van der Waals surface area contributed by atoms with E-state index in [1.54, 1.807) is 0 Å². The summed E-state index contributed by atoms with van der Waals surface area (Å²) in [5, 5.41) is 13.9. The lowest BCUT2D eigenvalue weighted by Gasteiger charge is -2.20. The quantitative estimate of drug-likeness (QED) is 0.498. The van der Waals surface area contributed by atoms with Crippen molar-refractivity contribution < 1.29 is 22.6 Å². The zero-order valence-corrected chi connectivity index (χ0v) is 11.9. The summed E-state index contributed by atoms with van der Waals surface area (Å²) in [5.74, 6) is -3.55. The molecular weight excluding hydrogens is 341 g/mol. The van der Waals surface area contributed by atoms with Gasteiger partial charge in [0.1, 0.15) is 0 Å². The molecule has 0 aliphatic carbocycles. The Labute approximate surface area is 114 Å². The molecule has 0 saturated carbocycles. The molecule has 0 atom stereocenters.